The molecule has 0 bridgehead atoms. The number of benzene rings is 1. The molecule has 2 aromatic heterocycles. The number of ether oxygens (including phenoxy) is 3. The van der Waals surface area contributed by atoms with Crippen LogP contribution in [0.5, 0.6) is 17.2 Å². The molecule has 0 aliphatic heterocycles. The van der Waals surface area contributed by atoms with Crippen molar-refractivity contribution in [1.29, 1.82) is 0 Å². The lowest BCUT2D eigenvalue weighted by Gasteiger charge is -2.15. The Hall–Kier alpha value is -3.82. The van der Waals surface area contributed by atoms with E-state index in [1.54, 1.807) is 58.1 Å². The van der Waals surface area contributed by atoms with Crippen LogP contribution in [0.2, 0.25) is 0 Å². The third kappa shape index (κ3) is 4.24. The van der Waals surface area contributed by atoms with Crippen LogP contribution in [0.3, 0.4) is 0 Å². The van der Waals surface area contributed by atoms with E-state index in [2.05, 4.69) is 30.6 Å². The fourth-order valence-corrected chi connectivity index (χ4v) is 2.39. The molecule has 0 fully saturated rings. The Labute approximate surface area is 155 Å². The molecule has 0 unspecified atom stereocenters. The number of nitrogens with one attached hydrogen (secondary N) is 2. The summed E-state index contributed by atoms with van der Waals surface area (Å²) in [4.78, 5) is 16.5. The van der Waals surface area contributed by atoms with E-state index in [4.69, 9.17) is 19.9 Å². The quantitative estimate of drug-likeness (QED) is 0.570. The molecule has 2 heterocycles. The topological polar surface area (TPSA) is 129 Å². The average Bonchev–Trinajstić information content (AvgIpc) is 2.67. The van der Waals surface area contributed by atoms with Gasteiger partial charge in [-0.3, -0.25) is 4.98 Å². The van der Waals surface area contributed by atoms with Gasteiger partial charge in [-0.1, -0.05) is 0 Å². The first-order chi connectivity index (χ1) is 13.1. The highest BCUT2D eigenvalue weighted by Crippen LogP contribution is 2.40. The van der Waals surface area contributed by atoms with Crippen molar-refractivity contribution >= 4 is 29.1 Å². The van der Waals surface area contributed by atoms with Crippen LogP contribution in [0.1, 0.15) is 0 Å². The van der Waals surface area contributed by atoms with Gasteiger partial charge in [0.15, 0.2) is 11.5 Å². The summed E-state index contributed by atoms with van der Waals surface area (Å²) in [6.07, 6.45) is 4.73. The Kier molecular flexibility index (Phi) is 5.36. The van der Waals surface area contributed by atoms with Crippen molar-refractivity contribution in [1.82, 2.24) is 19.9 Å². The Morgan fingerprint density at radius 2 is 1.48 bits per heavy atom. The summed E-state index contributed by atoms with van der Waals surface area (Å²) in [5.41, 5.74) is 6.49. The number of rotatable bonds is 7. The van der Waals surface area contributed by atoms with Crippen LogP contribution in [0.4, 0.5) is 29.1 Å². The Morgan fingerprint density at radius 3 is 2.04 bits per heavy atom. The second kappa shape index (κ2) is 8.04. The molecule has 27 heavy (non-hydrogen) atoms. The highest BCUT2D eigenvalue weighted by atomic mass is 16.5. The molecule has 0 atom stereocenters. The number of nitrogens with two attached hydrogens (primary N) is 1. The van der Waals surface area contributed by atoms with Crippen molar-refractivity contribution in [3.05, 3.63) is 36.8 Å². The molecule has 0 aliphatic carbocycles. The van der Waals surface area contributed by atoms with Crippen LogP contribution in [0, 0.1) is 0 Å². The molecule has 10 nitrogen and oxygen atoms in total. The van der Waals surface area contributed by atoms with E-state index in [1.165, 1.54) is 0 Å². The molecule has 0 saturated heterocycles. The van der Waals surface area contributed by atoms with Gasteiger partial charge in [0.2, 0.25) is 11.7 Å². The van der Waals surface area contributed by atoms with E-state index < -0.39 is 0 Å². The summed E-state index contributed by atoms with van der Waals surface area (Å²) in [7, 11) is 4.64. The molecule has 0 saturated carbocycles. The van der Waals surface area contributed by atoms with Gasteiger partial charge in [-0.05, 0) is 0 Å². The number of nitrogen functional groups attached to an aromatic ring is 1. The number of methoxy groups -OCH3 is 3. The Morgan fingerprint density at radius 1 is 0.815 bits per heavy atom. The van der Waals surface area contributed by atoms with E-state index in [0.717, 1.165) is 0 Å². The minimum absolute atomic E-state index is 0.0961. The molecule has 140 valence electrons. The molecule has 1 aromatic carbocycles. The second-order valence-corrected chi connectivity index (χ2v) is 5.25. The molecular formula is C17H19N7O3. The normalized spacial score (nSPS) is 10.2. The zero-order chi connectivity index (χ0) is 19.2. The van der Waals surface area contributed by atoms with Crippen LogP contribution < -0.4 is 30.6 Å². The molecule has 0 spiro atoms. The van der Waals surface area contributed by atoms with Gasteiger partial charge in [0.05, 0.1) is 27.5 Å². The fourth-order valence-electron chi connectivity index (χ4n) is 2.39. The van der Waals surface area contributed by atoms with Crippen molar-refractivity contribution in [3.63, 3.8) is 0 Å². The number of aromatic nitrogens is 4. The molecule has 0 radical (unpaired) electrons. The number of hydrogen-bond acceptors (Lipinski definition) is 10. The van der Waals surface area contributed by atoms with Crippen molar-refractivity contribution in [2.24, 2.45) is 0 Å². The highest BCUT2D eigenvalue weighted by Gasteiger charge is 2.14. The second-order valence-electron chi connectivity index (χ2n) is 5.25. The highest BCUT2D eigenvalue weighted by molar-refractivity contribution is 5.68. The third-order valence-electron chi connectivity index (χ3n) is 3.50. The lowest BCUT2D eigenvalue weighted by Crippen LogP contribution is -2.04. The largest absolute Gasteiger partial charge is 0.493 e. The minimum atomic E-state index is 0.0961. The molecule has 10 heteroatoms. The van der Waals surface area contributed by atoms with Crippen LogP contribution in [-0.2, 0) is 0 Å². The van der Waals surface area contributed by atoms with Crippen LogP contribution in [0.15, 0.2) is 36.8 Å². The van der Waals surface area contributed by atoms with Gasteiger partial charge in [-0.2, -0.15) is 9.97 Å². The first-order valence-corrected chi connectivity index (χ1v) is 7.87. The summed E-state index contributed by atoms with van der Waals surface area (Å²) in [6.45, 7) is 0. The van der Waals surface area contributed by atoms with Crippen LogP contribution in [0.25, 0.3) is 0 Å². The van der Waals surface area contributed by atoms with Crippen molar-refractivity contribution < 1.29 is 14.2 Å². The lowest BCUT2D eigenvalue weighted by atomic mass is 10.2. The van der Waals surface area contributed by atoms with E-state index in [1.807, 2.05) is 0 Å². The van der Waals surface area contributed by atoms with Crippen molar-refractivity contribution in [3.8, 4) is 17.2 Å². The van der Waals surface area contributed by atoms with Gasteiger partial charge in [-0.25, -0.2) is 4.98 Å². The Balaban J connectivity index is 1.89. The summed E-state index contributed by atoms with van der Waals surface area (Å²) < 4.78 is 16.0. The number of anilines is 5. The van der Waals surface area contributed by atoms with Gasteiger partial charge >= 0.3 is 0 Å². The maximum atomic E-state index is 5.82. The summed E-state index contributed by atoms with van der Waals surface area (Å²) in [5.74, 6) is 3.10. The standard InChI is InChI=1S/C17H19N7O3/c1-25-11-6-10(7-12(26-2)16(11)27-3)21-13-8-14(24-17(18)23-13)22-15-9-19-4-5-20-15/h4-9H,1-3H3,(H4,18,20,21,22,23,24). The zero-order valence-corrected chi connectivity index (χ0v) is 15.1. The predicted molar refractivity (Wildman–Crippen MR) is 101 cm³/mol. The first-order valence-electron chi connectivity index (χ1n) is 7.87. The SMILES string of the molecule is COc1cc(Nc2cc(Nc3cnccn3)nc(N)n2)cc(OC)c1OC. The van der Waals surface area contributed by atoms with E-state index in [0.29, 0.717) is 40.4 Å². The maximum Gasteiger partial charge on any atom is 0.223 e. The number of hydrogen-bond donors (Lipinski definition) is 3. The molecule has 0 amide bonds. The van der Waals surface area contributed by atoms with Gasteiger partial charge in [0.1, 0.15) is 17.5 Å². The van der Waals surface area contributed by atoms with Crippen molar-refractivity contribution in [2.45, 2.75) is 0 Å². The smallest absolute Gasteiger partial charge is 0.223 e. The fraction of sp³-hybridized carbons (Fsp3) is 0.176. The number of nitrogens with zero attached hydrogens (tertiary/aromatic N) is 4. The van der Waals surface area contributed by atoms with E-state index in [-0.39, 0.29) is 5.95 Å². The van der Waals surface area contributed by atoms with E-state index in [9.17, 15) is 0 Å². The van der Waals surface area contributed by atoms with Crippen LogP contribution in [-0.4, -0.2) is 41.3 Å². The first kappa shape index (κ1) is 18.0. The summed E-state index contributed by atoms with van der Waals surface area (Å²) >= 11 is 0. The minimum Gasteiger partial charge on any atom is -0.493 e. The van der Waals surface area contributed by atoms with Gasteiger partial charge in [0.25, 0.3) is 0 Å². The maximum absolute atomic E-state index is 5.82. The third-order valence-corrected chi connectivity index (χ3v) is 3.50. The van der Waals surface area contributed by atoms with Gasteiger partial charge in [-0.15, -0.1) is 0 Å². The molecule has 3 aromatic rings. The van der Waals surface area contributed by atoms with Crippen molar-refractivity contribution in [2.75, 3.05) is 37.7 Å². The monoisotopic (exact) mass is 369 g/mol. The van der Waals surface area contributed by atoms with E-state index >= 15 is 0 Å². The van der Waals surface area contributed by atoms with Gasteiger partial charge < -0.3 is 30.6 Å². The average molecular weight is 369 g/mol. The van der Waals surface area contributed by atoms with Crippen LogP contribution >= 0.6 is 0 Å². The molecule has 0 aliphatic rings. The van der Waals surface area contributed by atoms with Gasteiger partial charge in [0, 0.05) is 36.3 Å². The molecule has 3 rings (SSSR count). The zero-order valence-electron chi connectivity index (χ0n) is 15.1. The summed E-state index contributed by atoms with van der Waals surface area (Å²) in [5, 5.41) is 6.17. The predicted octanol–water partition coefficient (Wildman–Crippen LogP) is 2.36. The summed E-state index contributed by atoms with van der Waals surface area (Å²) in [6, 6.07) is 5.21. The Bertz CT molecular complexity index is 897. The molecular weight excluding hydrogens is 350 g/mol. The lowest BCUT2D eigenvalue weighted by molar-refractivity contribution is 0.324. The molecule has 4 N–H and O–H groups in total.